The summed E-state index contributed by atoms with van der Waals surface area (Å²) in [6.07, 6.45) is -1.40. The van der Waals surface area contributed by atoms with Crippen molar-refractivity contribution in [3.63, 3.8) is 0 Å². The smallest absolute Gasteiger partial charge is 0.326 e. The van der Waals surface area contributed by atoms with Gasteiger partial charge < -0.3 is 49.1 Å². The Kier molecular flexibility index (Phi) is 13.9. The molecule has 0 saturated heterocycles. The molecule has 0 bridgehead atoms. The van der Waals surface area contributed by atoms with Crippen molar-refractivity contribution in [3.8, 4) is 0 Å². The van der Waals surface area contributed by atoms with Gasteiger partial charge in [-0.15, -0.1) is 0 Å². The van der Waals surface area contributed by atoms with Crippen molar-refractivity contribution in [2.75, 3.05) is 6.54 Å². The van der Waals surface area contributed by atoms with Crippen LogP contribution in [0.25, 0.3) is 0 Å². The lowest BCUT2D eigenvalue weighted by Gasteiger charge is -2.26. The minimum atomic E-state index is -1.57. The SMILES string of the molecule is CC(C)CC(NC(=O)C(NC(=O)C(CC(N)=O)NC(=O)C(N)CCCN=C(N)N)C(C)O)C(=O)O. The molecule has 0 aliphatic rings. The van der Waals surface area contributed by atoms with Crippen LogP contribution in [-0.2, 0) is 24.0 Å². The van der Waals surface area contributed by atoms with Crippen molar-refractivity contribution in [2.45, 2.75) is 76.7 Å². The molecule has 0 aliphatic heterocycles. The lowest BCUT2D eigenvalue weighted by atomic mass is 10.0. The molecule has 15 nitrogen and oxygen atoms in total. The summed E-state index contributed by atoms with van der Waals surface area (Å²) in [5, 5.41) is 26.1. The molecular formula is C20H38N8O7. The highest BCUT2D eigenvalue weighted by Gasteiger charge is 2.33. The quantitative estimate of drug-likeness (QED) is 0.0563. The van der Waals surface area contributed by atoms with Crippen LogP contribution in [0.2, 0.25) is 0 Å². The Morgan fingerprint density at radius 1 is 0.886 bits per heavy atom. The fraction of sp³-hybridized carbons (Fsp3) is 0.700. The minimum Gasteiger partial charge on any atom is -0.480 e. The summed E-state index contributed by atoms with van der Waals surface area (Å²) in [6, 6.07) is -5.38. The van der Waals surface area contributed by atoms with Crippen LogP contribution in [0, 0.1) is 5.92 Å². The number of nitrogens with two attached hydrogens (primary N) is 4. The van der Waals surface area contributed by atoms with Crippen LogP contribution in [0.1, 0.15) is 46.5 Å². The topological polar surface area (TPSA) is 278 Å². The number of aliphatic carboxylic acids is 1. The van der Waals surface area contributed by atoms with E-state index in [2.05, 4.69) is 20.9 Å². The van der Waals surface area contributed by atoms with E-state index in [1.165, 1.54) is 6.92 Å². The highest BCUT2D eigenvalue weighted by Crippen LogP contribution is 2.07. The number of aliphatic imine (C=N–C) groups is 1. The van der Waals surface area contributed by atoms with Gasteiger partial charge in [-0.1, -0.05) is 13.8 Å². The van der Waals surface area contributed by atoms with E-state index in [4.69, 9.17) is 22.9 Å². The molecule has 0 radical (unpaired) electrons. The Morgan fingerprint density at radius 3 is 1.91 bits per heavy atom. The highest BCUT2D eigenvalue weighted by atomic mass is 16.4. The van der Waals surface area contributed by atoms with Crippen LogP contribution in [0.3, 0.4) is 0 Å². The fourth-order valence-electron chi connectivity index (χ4n) is 2.95. The van der Waals surface area contributed by atoms with Gasteiger partial charge in [-0.05, 0) is 32.1 Å². The van der Waals surface area contributed by atoms with E-state index in [-0.39, 0.29) is 31.3 Å². The zero-order valence-electron chi connectivity index (χ0n) is 20.2. The highest BCUT2D eigenvalue weighted by molar-refractivity contribution is 5.96. The number of guanidine groups is 1. The second-order valence-corrected chi connectivity index (χ2v) is 8.54. The molecule has 0 heterocycles. The molecule has 0 fully saturated rings. The van der Waals surface area contributed by atoms with Gasteiger partial charge in [0, 0.05) is 6.54 Å². The summed E-state index contributed by atoms with van der Waals surface area (Å²) in [6.45, 7) is 4.96. The van der Waals surface area contributed by atoms with Gasteiger partial charge in [-0.2, -0.15) is 0 Å². The van der Waals surface area contributed by atoms with E-state index in [9.17, 15) is 34.2 Å². The van der Waals surface area contributed by atoms with E-state index in [0.29, 0.717) is 6.42 Å². The molecular weight excluding hydrogens is 464 g/mol. The van der Waals surface area contributed by atoms with Crippen molar-refractivity contribution in [2.24, 2.45) is 33.8 Å². The predicted molar refractivity (Wildman–Crippen MR) is 126 cm³/mol. The molecule has 0 aromatic heterocycles. The number of hydrogen-bond donors (Lipinski definition) is 9. The largest absolute Gasteiger partial charge is 0.480 e. The van der Waals surface area contributed by atoms with Gasteiger partial charge in [0.2, 0.25) is 23.6 Å². The molecule has 15 heteroatoms. The number of rotatable bonds is 16. The Balaban J connectivity index is 5.34. The molecule has 0 rings (SSSR count). The summed E-state index contributed by atoms with van der Waals surface area (Å²) in [5.74, 6) is -5.10. The van der Waals surface area contributed by atoms with Crippen molar-refractivity contribution < 1.29 is 34.2 Å². The molecule has 5 unspecified atom stereocenters. The third-order valence-electron chi connectivity index (χ3n) is 4.73. The van der Waals surface area contributed by atoms with Gasteiger partial charge in [-0.3, -0.25) is 24.2 Å². The Labute approximate surface area is 203 Å². The van der Waals surface area contributed by atoms with Gasteiger partial charge in [-0.25, -0.2) is 4.79 Å². The molecule has 4 amide bonds. The Bertz CT molecular complexity index is 783. The van der Waals surface area contributed by atoms with Crippen LogP contribution in [0.4, 0.5) is 0 Å². The molecule has 0 aromatic rings. The van der Waals surface area contributed by atoms with Crippen molar-refractivity contribution >= 4 is 35.6 Å². The molecule has 5 atom stereocenters. The number of carbonyl (C=O) groups is 5. The number of nitrogens with one attached hydrogen (secondary N) is 3. The first-order chi connectivity index (χ1) is 16.1. The molecule has 0 aromatic carbocycles. The monoisotopic (exact) mass is 502 g/mol. The van der Waals surface area contributed by atoms with Gasteiger partial charge >= 0.3 is 5.97 Å². The Morgan fingerprint density at radius 2 is 1.46 bits per heavy atom. The van der Waals surface area contributed by atoms with Crippen molar-refractivity contribution in [3.05, 3.63) is 0 Å². The number of carboxylic acid groups (broad SMARTS) is 1. The lowest BCUT2D eigenvalue weighted by molar-refractivity contribution is -0.143. The number of aliphatic hydroxyl groups excluding tert-OH is 1. The number of aliphatic hydroxyl groups is 1. The van der Waals surface area contributed by atoms with Crippen LogP contribution in [0.5, 0.6) is 0 Å². The van der Waals surface area contributed by atoms with Gasteiger partial charge in [0.15, 0.2) is 5.96 Å². The second-order valence-electron chi connectivity index (χ2n) is 8.54. The summed E-state index contributed by atoms with van der Waals surface area (Å²) >= 11 is 0. The average molecular weight is 503 g/mol. The standard InChI is InChI=1S/C20H38N8O7/c1-9(2)7-13(19(34)35)27-18(33)15(10(3)29)28-17(32)12(8-14(22)30)26-16(31)11(21)5-4-6-25-20(23)24/h9-13,15,29H,4-8,21H2,1-3H3,(H2,22,30)(H,26,31)(H,27,33)(H,28,32)(H,34,35)(H4,23,24,25). The van der Waals surface area contributed by atoms with Crippen LogP contribution >= 0.6 is 0 Å². The Hall–Kier alpha value is -3.46. The van der Waals surface area contributed by atoms with E-state index < -0.39 is 66.3 Å². The van der Waals surface area contributed by atoms with Crippen LogP contribution < -0.4 is 38.9 Å². The maximum Gasteiger partial charge on any atom is 0.326 e. The first-order valence-electron chi connectivity index (χ1n) is 11.1. The predicted octanol–water partition coefficient (Wildman–Crippen LogP) is -3.79. The fourth-order valence-corrected chi connectivity index (χ4v) is 2.95. The number of primary amides is 1. The summed E-state index contributed by atoms with van der Waals surface area (Å²) in [4.78, 5) is 64.4. The first kappa shape index (κ1) is 31.5. The molecule has 0 saturated carbocycles. The number of nitrogens with zero attached hydrogens (tertiary/aromatic N) is 1. The van der Waals surface area contributed by atoms with Crippen molar-refractivity contribution in [1.29, 1.82) is 0 Å². The van der Waals surface area contributed by atoms with Gasteiger partial charge in [0.1, 0.15) is 18.1 Å². The molecule has 35 heavy (non-hydrogen) atoms. The van der Waals surface area contributed by atoms with Crippen molar-refractivity contribution in [1.82, 2.24) is 16.0 Å². The lowest BCUT2D eigenvalue weighted by Crippen LogP contribution is -2.60. The zero-order valence-corrected chi connectivity index (χ0v) is 20.2. The van der Waals surface area contributed by atoms with E-state index in [1.807, 2.05) is 0 Å². The third-order valence-corrected chi connectivity index (χ3v) is 4.73. The number of carboxylic acids is 1. The first-order valence-corrected chi connectivity index (χ1v) is 11.1. The third kappa shape index (κ3) is 13.1. The van der Waals surface area contributed by atoms with Crippen LogP contribution in [0.15, 0.2) is 4.99 Å². The van der Waals surface area contributed by atoms with Crippen LogP contribution in [-0.4, -0.2) is 82.6 Å². The molecule has 200 valence electrons. The number of hydrogen-bond acceptors (Lipinski definition) is 8. The summed E-state index contributed by atoms with van der Waals surface area (Å²) in [7, 11) is 0. The molecule has 13 N–H and O–H groups in total. The summed E-state index contributed by atoms with van der Waals surface area (Å²) in [5.41, 5.74) is 21.4. The maximum atomic E-state index is 12.8. The van der Waals surface area contributed by atoms with E-state index in [0.717, 1.165) is 0 Å². The van der Waals surface area contributed by atoms with Gasteiger partial charge in [0.25, 0.3) is 0 Å². The maximum absolute atomic E-state index is 12.8. The number of amides is 4. The molecule has 0 spiro atoms. The van der Waals surface area contributed by atoms with E-state index in [1.54, 1.807) is 13.8 Å². The number of carbonyl (C=O) groups excluding carboxylic acids is 4. The summed E-state index contributed by atoms with van der Waals surface area (Å²) < 4.78 is 0. The normalized spacial score (nSPS) is 15.1. The van der Waals surface area contributed by atoms with E-state index >= 15 is 0 Å². The second kappa shape index (κ2) is 15.4. The minimum absolute atomic E-state index is 0.0603. The molecule has 0 aliphatic carbocycles. The van der Waals surface area contributed by atoms with Gasteiger partial charge in [0.05, 0.1) is 18.6 Å². The average Bonchev–Trinajstić information content (AvgIpc) is 2.72. The zero-order chi connectivity index (χ0) is 27.3.